The van der Waals surface area contributed by atoms with Crippen LogP contribution < -0.4 is 5.73 Å². The maximum atomic E-state index is 12.0. The van der Waals surface area contributed by atoms with E-state index in [1.807, 2.05) is 0 Å². The minimum absolute atomic E-state index is 0.0279. The predicted molar refractivity (Wildman–Crippen MR) is 71.4 cm³/mol. The van der Waals surface area contributed by atoms with Gasteiger partial charge in [0.15, 0.2) is 0 Å². The fourth-order valence-corrected chi connectivity index (χ4v) is 2.20. The quantitative estimate of drug-likeness (QED) is 0.388. The molecule has 7 nitrogen and oxygen atoms in total. The Hall–Kier alpha value is -2.44. The van der Waals surface area contributed by atoms with Crippen LogP contribution in [0.15, 0.2) is 18.2 Å². The predicted octanol–water partition coefficient (Wildman–Crippen LogP) is 1.32. The second-order valence-electron chi connectivity index (χ2n) is 4.98. The highest BCUT2D eigenvalue weighted by Crippen LogP contribution is 2.29. The van der Waals surface area contributed by atoms with Crippen molar-refractivity contribution >= 4 is 23.2 Å². The van der Waals surface area contributed by atoms with E-state index in [4.69, 9.17) is 5.73 Å². The second-order valence-corrected chi connectivity index (χ2v) is 4.98. The van der Waals surface area contributed by atoms with Crippen molar-refractivity contribution in [2.45, 2.75) is 20.4 Å². The van der Waals surface area contributed by atoms with Crippen LogP contribution >= 0.6 is 0 Å². The van der Waals surface area contributed by atoms with Crippen LogP contribution in [0.4, 0.5) is 11.4 Å². The van der Waals surface area contributed by atoms with Crippen LogP contribution in [0.5, 0.6) is 0 Å². The lowest BCUT2D eigenvalue weighted by atomic mass is 10.00. The number of nitrogens with two attached hydrogens (primary N) is 1. The van der Waals surface area contributed by atoms with Crippen molar-refractivity contribution in [1.29, 1.82) is 0 Å². The molecule has 1 aromatic carbocycles. The molecule has 2 rings (SSSR count). The number of nitro benzene ring substituents is 1. The molecule has 0 radical (unpaired) electrons. The Labute approximate surface area is 115 Å². The summed E-state index contributed by atoms with van der Waals surface area (Å²) in [6, 6.07) is 3.99. The first-order valence-electron chi connectivity index (χ1n) is 6.21. The average molecular weight is 277 g/mol. The largest absolute Gasteiger partial charge is 0.398 e. The molecule has 1 aromatic rings. The molecule has 0 aromatic heterocycles. The summed E-state index contributed by atoms with van der Waals surface area (Å²) in [6.07, 6.45) is 0. The number of anilines is 1. The van der Waals surface area contributed by atoms with Gasteiger partial charge in [0.05, 0.1) is 11.5 Å². The summed E-state index contributed by atoms with van der Waals surface area (Å²) >= 11 is 0. The van der Waals surface area contributed by atoms with Gasteiger partial charge in [-0.25, -0.2) is 0 Å². The summed E-state index contributed by atoms with van der Waals surface area (Å²) < 4.78 is 0. The van der Waals surface area contributed by atoms with Gasteiger partial charge in [0, 0.05) is 35.2 Å². The number of non-ortho nitro benzene ring substituents is 1. The molecule has 0 saturated carbocycles. The topological polar surface area (TPSA) is 107 Å². The number of nitro groups is 1. The van der Waals surface area contributed by atoms with Gasteiger partial charge in [-0.3, -0.25) is 24.6 Å². The van der Waals surface area contributed by atoms with Crippen LogP contribution in [0.25, 0.3) is 0 Å². The Balaban J connectivity index is 2.31. The van der Waals surface area contributed by atoms with Gasteiger partial charge in [-0.05, 0) is 6.07 Å². The van der Waals surface area contributed by atoms with Crippen molar-refractivity contribution in [3.05, 3.63) is 33.9 Å². The lowest BCUT2D eigenvalue weighted by Gasteiger charge is -2.15. The van der Waals surface area contributed by atoms with Crippen LogP contribution in [-0.2, 0) is 16.1 Å². The zero-order valence-electron chi connectivity index (χ0n) is 11.2. The lowest BCUT2D eigenvalue weighted by molar-refractivity contribution is -0.384. The van der Waals surface area contributed by atoms with Gasteiger partial charge in [-0.15, -0.1) is 0 Å². The molecule has 2 amide bonds. The Morgan fingerprint density at radius 3 is 2.30 bits per heavy atom. The molecule has 106 valence electrons. The number of benzene rings is 1. The van der Waals surface area contributed by atoms with E-state index in [0.29, 0.717) is 11.3 Å². The van der Waals surface area contributed by atoms with Crippen LogP contribution in [0.3, 0.4) is 0 Å². The zero-order valence-corrected chi connectivity index (χ0v) is 11.2. The van der Waals surface area contributed by atoms with E-state index >= 15 is 0 Å². The fraction of sp³-hybridized carbons (Fsp3) is 0.385. The van der Waals surface area contributed by atoms with E-state index in [-0.39, 0.29) is 35.9 Å². The standard InChI is InChI=1S/C13H15N3O4/c1-7-8(2)13(18)15(12(7)17)6-9-5-10(16(19)20)3-4-11(9)14/h3-5,7-8H,6,14H2,1-2H3. The van der Waals surface area contributed by atoms with Gasteiger partial charge >= 0.3 is 0 Å². The van der Waals surface area contributed by atoms with E-state index in [9.17, 15) is 19.7 Å². The monoisotopic (exact) mass is 277 g/mol. The molecule has 7 heteroatoms. The normalized spacial score (nSPS) is 22.4. The minimum Gasteiger partial charge on any atom is -0.398 e. The Bertz CT molecular complexity index is 579. The highest BCUT2D eigenvalue weighted by Gasteiger charge is 2.42. The number of nitrogens with zero attached hydrogens (tertiary/aromatic N) is 2. The Kier molecular flexibility index (Phi) is 3.44. The molecule has 20 heavy (non-hydrogen) atoms. The number of likely N-dealkylation sites (tertiary alicyclic amines) is 1. The molecular weight excluding hydrogens is 262 g/mol. The van der Waals surface area contributed by atoms with E-state index in [1.54, 1.807) is 13.8 Å². The van der Waals surface area contributed by atoms with Crippen LogP contribution in [-0.4, -0.2) is 21.6 Å². The molecule has 2 N–H and O–H groups in total. The molecule has 1 aliphatic rings. The van der Waals surface area contributed by atoms with E-state index in [0.717, 1.165) is 4.90 Å². The molecule has 0 aliphatic carbocycles. The smallest absolute Gasteiger partial charge is 0.269 e. The van der Waals surface area contributed by atoms with Gasteiger partial charge in [-0.2, -0.15) is 0 Å². The van der Waals surface area contributed by atoms with Gasteiger partial charge in [0.1, 0.15) is 0 Å². The summed E-state index contributed by atoms with van der Waals surface area (Å²) in [6.45, 7) is 3.36. The minimum atomic E-state index is -0.540. The molecule has 2 unspecified atom stereocenters. The summed E-state index contributed by atoms with van der Waals surface area (Å²) in [7, 11) is 0. The van der Waals surface area contributed by atoms with Crippen molar-refractivity contribution in [2.75, 3.05) is 5.73 Å². The summed E-state index contributed by atoms with van der Waals surface area (Å²) in [5, 5.41) is 10.8. The first-order valence-corrected chi connectivity index (χ1v) is 6.21. The number of nitrogen functional groups attached to an aromatic ring is 1. The van der Waals surface area contributed by atoms with Gasteiger partial charge < -0.3 is 5.73 Å². The molecule has 0 bridgehead atoms. The lowest BCUT2D eigenvalue weighted by Crippen LogP contribution is -2.30. The summed E-state index contributed by atoms with van der Waals surface area (Å²) in [5.74, 6) is -1.29. The SMILES string of the molecule is CC1C(=O)N(Cc2cc([N+](=O)[O-])ccc2N)C(=O)C1C. The molecule has 1 heterocycles. The first kappa shape index (κ1) is 14.0. The van der Waals surface area contributed by atoms with Crippen LogP contribution in [0, 0.1) is 22.0 Å². The third kappa shape index (κ3) is 2.22. The number of carbonyl (C=O) groups is 2. The van der Waals surface area contributed by atoms with Crippen molar-refractivity contribution in [1.82, 2.24) is 4.90 Å². The first-order chi connectivity index (χ1) is 9.32. The number of amides is 2. The Morgan fingerprint density at radius 2 is 1.80 bits per heavy atom. The number of carbonyl (C=O) groups excluding carboxylic acids is 2. The molecule has 1 fully saturated rings. The third-order valence-electron chi connectivity index (χ3n) is 3.73. The van der Waals surface area contributed by atoms with Gasteiger partial charge in [0.2, 0.25) is 11.8 Å². The molecule has 1 aliphatic heterocycles. The van der Waals surface area contributed by atoms with Crippen molar-refractivity contribution in [2.24, 2.45) is 11.8 Å². The fourth-order valence-electron chi connectivity index (χ4n) is 2.20. The summed E-state index contributed by atoms with van der Waals surface area (Å²) in [5.41, 5.74) is 6.37. The van der Waals surface area contributed by atoms with Crippen molar-refractivity contribution < 1.29 is 14.5 Å². The second kappa shape index (κ2) is 4.92. The highest BCUT2D eigenvalue weighted by atomic mass is 16.6. The van der Waals surface area contributed by atoms with Crippen molar-refractivity contribution in [3.8, 4) is 0 Å². The maximum Gasteiger partial charge on any atom is 0.269 e. The number of hydrogen-bond acceptors (Lipinski definition) is 5. The molecule has 2 atom stereocenters. The zero-order chi connectivity index (χ0) is 15.0. The molecule has 1 saturated heterocycles. The summed E-state index contributed by atoms with van der Waals surface area (Å²) in [4.78, 5) is 35.3. The van der Waals surface area contributed by atoms with Crippen LogP contribution in [0.1, 0.15) is 19.4 Å². The number of hydrogen-bond donors (Lipinski definition) is 1. The van der Waals surface area contributed by atoms with Gasteiger partial charge in [0.25, 0.3) is 5.69 Å². The van der Waals surface area contributed by atoms with Crippen LogP contribution in [0.2, 0.25) is 0 Å². The van der Waals surface area contributed by atoms with Gasteiger partial charge in [-0.1, -0.05) is 13.8 Å². The van der Waals surface area contributed by atoms with E-state index < -0.39 is 4.92 Å². The van der Waals surface area contributed by atoms with E-state index in [1.165, 1.54) is 18.2 Å². The number of rotatable bonds is 3. The Morgan fingerprint density at radius 1 is 1.25 bits per heavy atom. The van der Waals surface area contributed by atoms with Crippen molar-refractivity contribution in [3.63, 3.8) is 0 Å². The number of imide groups is 1. The average Bonchev–Trinajstić information content (AvgIpc) is 2.58. The molecule has 0 spiro atoms. The van der Waals surface area contributed by atoms with E-state index in [2.05, 4.69) is 0 Å². The maximum absolute atomic E-state index is 12.0. The third-order valence-corrected chi connectivity index (χ3v) is 3.73. The molecular formula is C13H15N3O4. The highest BCUT2D eigenvalue weighted by molar-refractivity contribution is 6.04.